The highest BCUT2D eigenvalue weighted by molar-refractivity contribution is 7.26. The third-order valence-corrected chi connectivity index (χ3v) is 13.9. The SMILES string of the molecule is [2H]c1c([2H])c([2H])c2c(c1[2H])c1ccccc1n2-c1cc(-c2c(-c3cccc4c3sc3ccccc34)cccc2-n2c3ccccc3c3ccccc32)cc(-n2c3ccccc3c3c([2H])c([2H])c([2H])c([2H])c32)n1. The van der Waals surface area contributed by atoms with Crippen LogP contribution in [0.15, 0.2) is 218 Å². The van der Waals surface area contributed by atoms with Gasteiger partial charge in [0.2, 0.25) is 0 Å². The van der Waals surface area contributed by atoms with Crippen molar-refractivity contribution >= 4 is 96.9 Å². The third-order valence-electron chi connectivity index (χ3n) is 12.7. The molecule has 0 bridgehead atoms. The molecule has 0 aliphatic heterocycles. The van der Waals surface area contributed by atoms with Crippen molar-refractivity contribution < 1.29 is 11.0 Å². The highest BCUT2D eigenvalue weighted by atomic mass is 32.1. The Morgan fingerprint density at radius 1 is 0.375 bits per heavy atom. The molecule has 0 saturated carbocycles. The lowest BCUT2D eigenvalue weighted by molar-refractivity contribution is 1.01. The number of para-hydroxylation sites is 6. The van der Waals surface area contributed by atoms with Gasteiger partial charge in [-0.15, -0.1) is 11.3 Å². The van der Waals surface area contributed by atoms with Gasteiger partial charge >= 0.3 is 0 Å². The van der Waals surface area contributed by atoms with Gasteiger partial charge in [-0.05, 0) is 71.7 Å². The Morgan fingerprint density at radius 3 is 1.42 bits per heavy atom. The van der Waals surface area contributed by atoms with Crippen molar-refractivity contribution in [1.29, 1.82) is 0 Å². The fourth-order valence-electron chi connectivity index (χ4n) is 10.1. The van der Waals surface area contributed by atoms with Gasteiger partial charge in [-0.3, -0.25) is 9.13 Å². The van der Waals surface area contributed by atoms with Gasteiger partial charge in [-0.1, -0.05) is 158 Å². The summed E-state index contributed by atoms with van der Waals surface area (Å²) >= 11 is 1.74. The summed E-state index contributed by atoms with van der Waals surface area (Å²) < 4.78 is 81.1. The molecule has 0 N–H and O–H groups in total. The Balaban J connectivity index is 1.20. The van der Waals surface area contributed by atoms with E-state index in [0.717, 1.165) is 54.3 Å². The predicted molar refractivity (Wildman–Crippen MR) is 271 cm³/mol. The lowest BCUT2D eigenvalue weighted by atomic mass is 9.92. The molecular weight excluding hydrogens is 797 g/mol. The molecule has 0 spiro atoms. The second-order valence-electron chi connectivity index (χ2n) is 16.1. The quantitative estimate of drug-likeness (QED) is 0.170. The van der Waals surface area contributed by atoms with Crippen LogP contribution in [0.1, 0.15) is 11.0 Å². The van der Waals surface area contributed by atoms with E-state index in [4.69, 9.17) is 10.5 Å². The molecule has 0 amide bonds. The van der Waals surface area contributed by atoms with Gasteiger partial charge in [0, 0.05) is 63.6 Å². The molecule has 0 aliphatic rings. The maximum atomic E-state index is 9.49. The average Bonchev–Trinajstić information content (AvgIpc) is 4.17. The second kappa shape index (κ2) is 13.6. The van der Waals surface area contributed by atoms with Crippen molar-refractivity contribution in [1.82, 2.24) is 18.7 Å². The summed E-state index contributed by atoms with van der Waals surface area (Å²) in [4.78, 5) is 5.48. The zero-order chi connectivity index (χ0) is 48.8. The lowest BCUT2D eigenvalue weighted by Crippen LogP contribution is -2.06. The molecule has 64 heavy (non-hydrogen) atoms. The van der Waals surface area contributed by atoms with Crippen molar-refractivity contribution in [2.24, 2.45) is 0 Å². The number of hydrogen-bond acceptors (Lipinski definition) is 2. The molecule has 14 rings (SSSR count). The van der Waals surface area contributed by atoms with Gasteiger partial charge in [-0.2, -0.15) is 0 Å². The first-order valence-electron chi connectivity index (χ1n) is 25.1. The molecule has 5 heteroatoms. The number of benzene rings is 9. The van der Waals surface area contributed by atoms with Crippen LogP contribution in [-0.2, 0) is 0 Å². The number of hydrogen-bond donors (Lipinski definition) is 0. The largest absolute Gasteiger partial charge is 0.309 e. The van der Waals surface area contributed by atoms with Gasteiger partial charge < -0.3 is 4.57 Å². The second-order valence-corrected chi connectivity index (χ2v) is 17.1. The first-order chi connectivity index (χ1) is 35.1. The molecule has 298 valence electrons. The summed E-state index contributed by atoms with van der Waals surface area (Å²) in [6.45, 7) is 0. The lowest BCUT2D eigenvalue weighted by Gasteiger charge is -2.21. The molecular formula is C59H36N4S. The van der Waals surface area contributed by atoms with Gasteiger partial charge in [-0.25, -0.2) is 4.98 Å². The first kappa shape index (κ1) is 28.4. The number of nitrogens with zero attached hydrogens (tertiary/aromatic N) is 4. The summed E-state index contributed by atoms with van der Waals surface area (Å²) in [6.07, 6.45) is 0. The molecule has 0 radical (unpaired) electrons. The van der Waals surface area contributed by atoms with Crippen LogP contribution in [0.25, 0.3) is 125 Å². The van der Waals surface area contributed by atoms with Crippen LogP contribution in [0.4, 0.5) is 0 Å². The molecule has 14 aromatic rings. The molecule has 0 fully saturated rings. The molecule has 0 saturated heterocycles. The van der Waals surface area contributed by atoms with Gasteiger partial charge in [0.15, 0.2) is 0 Å². The van der Waals surface area contributed by atoms with Crippen molar-refractivity contribution in [2.75, 3.05) is 0 Å². The smallest absolute Gasteiger partial charge is 0.140 e. The number of fused-ring (bicyclic) bond motifs is 12. The van der Waals surface area contributed by atoms with Crippen LogP contribution >= 0.6 is 11.3 Å². The monoisotopic (exact) mass is 840 g/mol. The molecule has 0 unspecified atom stereocenters. The standard InChI is InChI=1S/C59H36N4S/c1-8-27-48-38(17-1)39-18-2-9-28-49(39)61(48)54-33-16-24-45(47-26-15-25-46-44-23-7-14-34-55(44)64-59(46)47)58(54)37-35-56(62-50-29-10-3-19-40(50)41-20-4-11-30-51(41)62)60-57(36-37)63-52-31-12-5-21-42(52)43-22-6-13-32-53(43)63/h1-36H/i3D,5D,10D,12D,19D,21D,29D,31D. The summed E-state index contributed by atoms with van der Waals surface area (Å²) in [5, 5.41) is 6.45. The first-order valence-corrected chi connectivity index (χ1v) is 22.0. The highest BCUT2D eigenvalue weighted by Gasteiger charge is 2.24. The van der Waals surface area contributed by atoms with Gasteiger partial charge in [0.25, 0.3) is 0 Å². The molecule has 0 atom stereocenters. The fraction of sp³-hybridized carbons (Fsp3) is 0. The average molecular weight is 841 g/mol. The number of pyridine rings is 1. The number of thiophene rings is 1. The van der Waals surface area contributed by atoms with E-state index in [9.17, 15) is 5.48 Å². The van der Waals surface area contributed by atoms with E-state index in [1.165, 1.54) is 10.1 Å². The van der Waals surface area contributed by atoms with Crippen molar-refractivity contribution in [3.63, 3.8) is 0 Å². The van der Waals surface area contributed by atoms with Crippen LogP contribution in [0, 0.1) is 0 Å². The van der Waals surface area contributed by atoms with Crippen LogP contribution in [0.5, 0.6) is 0 Å². The molecule has 4 nitrogen and oxygen atoms in total. The van der Waals surface area contributed by atoms with Crippen LogP contribution in [-0.4, -0.2) is 18.7 Å². The molecule has 0 aliphatic carbocycles. The minimum atomic E-state index is -0.373. The zero-order valence-electron chi connectivity index (χ0n) is 41.9. The molecule has 9 aromatic carbocycles. The molecule has 5 aromatic heterocycles. The van der Waals surface area contributed by atoms with E-state index in [1.807, 2.05) is 69.8 Å². The Kier molecular flexibility index (Phi) is 6.04. The maximum Gasteiger partial charge on any atom is 0.140 e. The van der Waals surface area contributed by atoms with Crippen molar-refractivity contribution in [2.45, 2.75) is 0 Å². The van der Waals surface area contributed by atoms with E-state index in [1.54, 1.807) is 11.3 Å². The summed E-state index contributed by atoms with van der Waals surface area (Å²) in [5.41, 5.74) is 8.14. The van der Waals surface area contributed by atoms with E-state index in [-0.39, 0.29) is 59.4 Å². The number of aromatic nitrogens is 4. The van der Waals surface area contributed by atoms with E-state index < -0.39 is 0 Å². The van der Waals surface area contributed by atoms with Crippen LogP contribution in [0.2, 0.25) is 0 Å². The molecule has 5 heterocycles. The fourth-order valence-corrected chi connectivity index (χ4v) is 11.3. The summed E-state index contributed by atoms with van der Waals surface area (Å²) in [6, 6.07) is 54.9. The Labute approximate surface area is 383 Å². The minimum absolute atomic E-state index is 0.161. The minimum Gasteiger partial charge on any atom is -0.309 e. The Morgan fingerprint density at radius 2 is 0.828 bits per heavy atom. The third kappa shape index (κ3) is 5.01. The van der Waals surface area contributed by atoms with Crippen molar-refractivity contribution in [3.05, 3.63) is 218 Å². The Hall–Kier alpha value is -8.25. The van der Waals surface area contributed by atoms with Crippen LogP contribution in [0.3, 0.4) is 0 Å². The Bertz CT molecular complexity index is 4490. The summed E-state index contributed by atoms with van der Waals surface area (Å²) in [7, 11) is 0. The van der Waals surface area contributed by atoms with E-state index in [0.29, 0.717) is 49.8 Å². The maximum absolute atomic E-state index is 9.49. The number of rotatable bonds is 5. The van der Waals surface area contributed by atoms with Crippen molar-refractivity contribution in [3.8, 4) is 39.6 Å². The summed E-state index contributed by atoms with van der Waals surface area (Å²) in [5.74, 6) is 0.682. The van der Waals surface area contributed by atoms with Gasteiger partial charge in [0.05, 0.1) is 49.8 Å². The van der Waals surface area contributed by atoms with E-state index >= 15 is 0 Å². The highest BCUT2D eigenvalue weighted by Crippen LogP contribution is 2.47. The van der Waals surface area contributed by atoms with Gasteiger partial charge in [0.1, 0.15) is 11.6 Å². The van der Waals surface area contributed by atoms with E-state index in [2.05, 4.69) is 114 Å². The topological polar surface area (TPSA) is 27.7 Å². The normalized spacial score (nSPS) is 13.8. The predicted octanol–water partition coefficient (Wildman–Crippen LogP) is 16.1. The van der Waals surface area contributed by atoms with Crippen LogP contribution < -0.4 is 0 Å². The zero-order valence-corrected chi connectivity index (χ0v) is 34.7.